The molecule has 8 nitrogen and oxygen atoms in total. The first kappa shape index (κ1) is 19.8. The quantitative estimate of drug-likeness (QED) is 0.627. The first-order chi connectivity index (χ1) is 13.2. The minimum absolute atomic E-state index is 0.0377. The van der Waals surface area contributed by atoms with Crippen LogP contribution >= 0.6 is 0 Å². The summed E-state index contributed by atoms with van der Waals surface area (Å²) in [6.45, 7) is 5.15. The lowest BCUT2D eigenvalue weighted by molar-refractivity contribution is -0.126. The van der Waals surface area contributed by atoms with Crippen LogP contribution in [0.15, 0.2) is 24.3 Å². The van der Waals surface area contributed by atoms with Crippen LogP contribution in [0.2, 0.25) is 0 Å². The highest BCUT2D eigenvalue weighted by atomic mass is 16.5. The zero-order chi connectivity index (χ0) is 19.1. The number of anilines is 1. The summed E-state index contributed by atoms with van der Waals surface area (Å²) >= 11 is 0. The zero-order valence-corrected chi connectivity index (χ0v) is 15.5. The van der Waals surface area contributed by atoms with Crippen LogP contribution in [0.5, 0.6) is 0 Å². The number of carbonyl (C=O) groups excluding carboxylic acids is 2. The molecule has 2 amide bonds. The Labute approximate surface area is 159 Å². The first-order valence-corrected chi connectivity index (χ1v) is 9.50. The van der Waals surface area contributed by atoms with E-state index < -0.39 is 6.10 Å². The van der Waals surface area contributed by atoms with Gasteiger partial charge in [-0.3, -0.25) is 14.5 Å². The summed E-state index contributed by atoms with van der Waals surface area (Å²) in [6, 6.07) is 6.87. The normalized spacial score (nSPS) is 23.1. The molecule has 2 fully saturated rings. The number of nitrogens with two attached hydrogens (primary N) is 1. The van der Waals surface area contributed by atoms with Crippen molar-refractivity contribution in [3.8, 4) is 0 Å². The van der Waals surface area contributed by atoms with Crippen LogP contribution in [0.4, 0.5) is 5.69 Å². The SMILES string of the molecule is NC[C@H]1CC[C@@H](C(=O)Nc2ccc(C(=O)NCCN3CCOCC3)cc2)O1. The average molecular weight is 376 g/mol. The molecule has 0 spiro atoms. The van der Waals surface area contributed by atoms with Crippen LogP contribution in [0.1, 0.15) is 23.2 Å². The smallest absolute Gasteiger partial charge is 0.253 e. The van der Waals surface area contributed by atoms with Crippen molar-refractivity contribution in [2.75, 3.05) is 51.3 Å². The van der Waals surface area contributed by atoms with Gasteiger partial charge in [-0.2, -0.15) is 0 Å². The van der Waals surface area contributed by atoms with Crippen molar-refractivity contribution in [1.82, 2.24) is 10.2 Å². The minimum Gasteiger partial charge on any atom is -0.379 e. The van der Waals surface area contributed by atoms with E-state index in [1.165, 1.54) is 0 Å². The molecule has 4 N–H and O–H groups in total. The summed E-state index contributed by atoms with van der Waals surface area (Å²) in [5.74, 6) is -0.292. The summed E-state index contributed by atoms with van der Waals surface area (Å²) in [4.78, 5) is 26.7. The number of nitrogens with one attached hydrogen (secondary N) is 2. The molecule has 2 aliphatic rings. The van der Waals surface area contributed by atoms with Gasteiger partial charge < -0.3 is 25.8 Å². The Hall–Kier alpha value is -2.00. The molecule has 2 atom stereocenters. The van der Waals surface area contributed by atoms with E-state index in [0.29, 0.717) is 30.8 Å². The van der Waals surface area contributed by atoms with Gasteiger partial charge in [0.1, 0.15) is 6.10 Å². The number of morpholine rings is 1. The molecule has 0 bridgehead atoms. The molecule has 3 rings (SSSR count). The minimum atomic E-state index is -0.457. The Morgan fingerprint density at radius 2 is 1.89 bits per heavy atom. The van der Waals surface area contributed by atoms with Gasteiger partial charge in [-0.25, -0.2) is 0 Å². The van der Waals surface area contributed by atoms with E-state index in [-0.39, 0.29) is 17.9 Å². The number of carbonyl (C=O) groups is 2. The maximum atomic E-state index is 12.2. The van der Waals surface area contributed by atoms with E-state index in [0.717, 1.165) is 39.3 Å². The summed E-state index contributed by atoms with van der Waals surface area (Å²) < 4.78 is 10.9. The molecule has 1 aromatic rings. The van der Waals surface area contributed by atoms with Crippen LogP contribution in [0.25, 0.3) is 0 Å². The lowest BCUT2D eigenvalue weighted by atomic mass is 10.1. The van der Waals surface area contributed by atoms with Gasteiger partial charge in [0.05, 0.1) is 19.3 Å². The lowest BCUT2D eigenvalue weighted by Gasteiger charge is -2.26. The number of rotatable bonds is 7. The number of amides is 2. The number of nitrogens with zero attached hydrogens (tertiary/aromatic N) is 1. The van der Waals surface area contributed by atoms with Gasteiger partial charge in [-0.1, -0.05) is 0 Å². The molecule has 2 saturated heterocycles. The molecular weight excluding hydrogens is 348 g/mol. The van der Waals surface area contributed by atoms with Crippen molar-refractivity contribution in [3.05, 3.63) is 29.8 Å². The molecule has 148 valence electrons. The van der Waals surface area contributed by atoms with E-state index in [1.807, 2.05) is 0 Å². The Morgan fingerprint density at radius 3 is 2.56 bits per heavy atom. The van der Waals surface area contributed by atoms with Gasteiger partial charge in [-0.15, -0.1) is 0 Å². The van der Waals surface area contributed by atoms with Gasteiger partial charge in [-0.05, 0) is 37.1 Å². The van der Waals surface area contributed by atoms with E-state index in [2.05, 4.69) is 15.5 Å². The Bertz CT molecular complexity index is 631. The zero-order valence-electron chi connectivity index (χ0n) is 15.5. The van der Waals surface area contributed by atoms with Gasteiger partial charge in [0.25, 0.3) is 11.8 Å². The fourth-order valence-corrected chi connectivity index (χ4v) is 3.25. The van der Waals surface area contributed by atoms with Gasteiger partial charge in [0.2, 0.25) is 0 Å². The second-order valence-electron chi connectivity index (χ2n) is 6.84. The van der Waals surface area contributed by atoms with Crippen molar-refractivity contribution in [3.63, 3.8) is 0 Å². The lowest BCUT2D eigenvalue weighted by Crippen LogP contribution is -2.41. The number of hydrogen-bond acceptors (Lipinski definition) is 6. The molecule has 0 radical (unpaired) electrons. The average Bonchev–Trinajstić information content (AvgIpc) is 3.19. The topological polar surface area (TPSA) is 106 Å². The molecule has 27 heavy (non-hydrogen) atoms. The molecule has 0 aromatic heterocycles. The van der Waals surface area contributed by atoms with Gasteiger partial charge >= 0.3 is 0 Å². The molecule has 0 saturated carbocycles. The van der Waals surface area contributed by atoms with Crippen molar-refractivity contribution < 1.29 is 19.1 Å². The summed E-state index contributed by atoms with van der Waals surface area (Å²) in [5, 5.41) is 5.75. The number of benzene rings is 1. The highest BCUT2D eigenvalue weighted by Gasteiger charge is 2.29. The summed E-state index contributed by atoms with van der Waals surface area (Å²) in [7, 11) is 0. The van der Waals surface area contributed by atoms with Crippen molar-refractivity contribution in [1.29, 1.82) is 0 Å². The largest absolute Gasteiger partial charge is 0.379 e. The standard InChI is InChI=1S/C19H28N4O4/c20-13-16-5-6-17(27-16)19(25)22-15-3-1-14(2-4-15)18(24)21-7-8-23-9-11-26-12-10-23/h1-4,16-17H,5-13,20H2,(H,21,24)(H,22,25)/t16-,17+/m1/s1. The van der Waals surface area contributed by atoms with E-state index in [4.69, 9.17) is 15.2 Å². The van der Waals surface area contributed by atoms with E-state index >= 15 is 0 Å². The monoisotopic (exact) mass is 376 g/mol. The van der Waals surface area contributed by atoms with Crippen molar-refractivity contribution >= 4 is 17.5 Å². The molecule has 0 unspecified atom stereocenters. The molecule has 2 aliphatic heterocycles. The third-order valence-corrected chi connectivity index (χ3v) is 4.89. The molecular formula is C19H28N4O4. The second kappa shape index (κ2) is 9.80. The van der Waals surface area contributed by atoms with Crippen LogP contribution in [0, 0.1) is 0 Å². The Morgan fingerprint density at radius 1 is 1.15 bits per heavy atom. The van der Waals surface area contributed by atoms with E-state index in [1.54, 1.807) is 24.3 Å². The third-order valence-electron chi connectivity index (χ3n) is 4.89. The maximum absolute atomic E-state index is 12.2. The molecule has 2 heterocycles. The highest BCUT2D eigenvalue weighted by molar-refractivity contribution is 5.96. The molecule has 1 aromatic carbocycles. The highest BCUT2D eigenvalue weighted by Crippen LogP contribution is 2.20. The fourth-order valence-electron chi connectivity index (χ4n) is 3.25. The first-order valence-electron chi connectivity index (χ1n) is 9.50. The second-order valence-corrected chi connectivity index (χ2v) is 6.84. The number of hydrogen-bond donors (Lipinski definition) is 3. The van der Waals surface area contributed by atoms with Crippen molar-refractivity contribution in [2.45, 2.75) is 25.0 Å². The number of ether oxygens (including phenoxy) is 2. The Balaban J connectivity index is 1.42. The summed E-state index contributed by atoms with van der Waals surface area (Å²) in [6.07, 6.45) is 0.987. The van der Waals surface area contributed by atoms with Crippen molar-refractivity contribution in [2.24, 2.45) is 5.73 Å². The van der Waals surface area contributed by atoms with Crippen LogP contribution < -0.4 is 16.4 Å². The van der Waals surface area contributed by atoms with Gasteiger partial charge in [0, 0.05) is 44.0 Å². The van der Waals surface area contributed by atoms with Crippen LogP contribution in [-0.4, -0.2) is 74.9 Å². The van der Waals surface area contributed by atoms with Gasteiger partial charge in [0.15, 0.2) is 0 Å². The molecule has 8 heteroatoms. The molecule has 0 aliphatic carbocycles. The van der Waals surface area contributed by atoms with Crippen LogP contribution in [0.3, 0.4) is 0 Å². The van der Waals surface area contributed by atoms with E-state index in [9.17, 15) is 9.59 Å². The predicted octanol–water partition coefficient (Wildman–Crippen LogP) is 0.193. The maximum Gasteiger partial charge on any atom is 0.253 e. The Kier molecular flexibility index (Phi) is 7.17. The van der Waals surface area contributed by atoms with Crippen LogP contribution in [-0.2, 0) is 14.3 Å². The third kappa shape index (κ3) is 5.74. The predicted molar refractivity (Wildman–Crippen MR) is 102 cm³/mol. The summed E-state index contributed by atoms with van der Waals surface area (Å²) in [5.41, 5.74) is 6.78. The fraction of sp³-hybridized carbons (Fsp3) is 0.579.